The fourth-order valence-electron chi connectivity index (χ4n) is 2.14. The molecule has 0 unspecified atom stereocenters. The third-order valence-corrected chi connectivity index (χ3v) is 4.49. The van der Waals surface area contributed by atoms with Crippen LogP contribution in [0.1, 0.15) is 16.9 Å². The zero-order valence-corrected chi connectivity index (χ0v) is 14.1. The quantitative estimate of drug-likeness (QED) is 0.849. The molecular formula is C17H22N2O2S. The fourth-order valence-corrected chi connectivity index (χ4v) is 3.13. The first-order valence-corrected chi connectivity index (χ1v) is 8.12. The number of thiophene rings is 1. The Morgan fingerprint density at radius 1 is 1.32 bits per heavy atom. The Morgan fingerprint density at radius 3 is 2.77 bits per heavy atom. The van der Waals surface area contributed by atoms with Crippen LogP contribution in [-0.2, 0) is 11.3 Å². The largest absolute Gasteiger partial charge is 0.495 e. The Balaban J connectivity index is 1.81. The van der Waals surface area contributed by atoms with E-state index in [9.17, 15) is 4.79 Å². The summed E-state index contributed by atoms with van der Waals surface area (Å²) in [4.78, 5) is 15.6. The van der Waals surface area contributed by atoms with Crippen LogP contribution in [0.5, 0.6) is 5.75 Å². The summed E-state index contributed by atoms with van der Waals surface area (Å²) in [6.07, 6.45) is 0.457. The number of nitrogens with zero attached hydrogens (tertiary/aromatic N) is 1. The summed E-state index contributed by atoms with van der Waals surface area (Å²) >= 11 is 1.76. The highest BCUT2D eigenvalue weighted by atomic mass is 32.1. The maximum Gasteiger partial charge on any atom is 0.225 e. The second kappa shape index (κ2) is 7.96. The molecule has 5 heteroatoms. The van der Waals surface area contributed by atoms with Crippen LogP contribution < -0.4 is 10.1 Å². The maximum absolute atomic E-state index is 12.1. The van der Waals surface area contributed by atoms with Crippen molar-refractivity contribution in [1.82, 2.24) is 4.90 Å². The van der Waals surface area contributed by atoms with Crippen LogP contribution in [0.15, 0.2) is 35.7 Å². The number of nitrogens with one attached hydrogen (secondary N) is 1. The first-order valence-electron chi connectivity index (χ1n) is 7.24. The van der Waals surface area contributed by atoms with Crippen molar-refractivity contribution in [3.05, 3.63) is 46.2 Å². The number of para-hydroxylation sites is 2. The van der Waals surface area contributed by atoms with Crippen molar-refractivity contribution in [1.29, 1.82) is 0 Å². The van der Waals surface area contributed by atoms with Crippen molar-refractivity contribution in [2.45, 2.75) is 19.9 Å². The predicted molar refractivity (Wildman–Crippen MR) is 91.6 cm³/mol. The monoisotopic (exact) mass is 318 g/mol. The molecule has 1 aromatic heterocycles. The molecule has 118 valence electrons. The molecule has 0 bridgehead atoms. The molecule has 0 fully saturated rings. The summed E-state index contributed by atoms with van der Waals surface area (Å²) in [6, 6.07) is 9.56. The zero-order chi connectivity index (χ0) is 15.9. The maximum atomic E-state index is 12.1. The van der Waals surface area contributed by atoms with Crippen molar-refractivity contribution < 1.29 is 9.53 Å². The Morgan fingerprint density at radius 2 is 2.09 bits per heavy atom. The molecule has 0 aliphatic carbocycles. The fraction of sp³-hybridized carbons (Fsp3) is 0.353. The second-order valence-electron chi connectivity index (χ2n) is 5.26. The molecule has 2 rings (SSSR count). The smallest absolute Gasteiger partial charge is 0.225 e. The summed E-state index contributed by atoms with van der Waals surface area (Å²) < 4.78 is 5.23. The van der Waals surface area contributed by atoms with E-state index in [4.69, 9.17) is 4.74 Å². The van der Waals surface area contributed by atoms with E-state index in [1.165, 1.54) is 10.4 Å². The minimum Gasteiger partial charge on any atom is -0.495 e. The second-order valence-corrected chi connectivity index (χ2v) is 6.26. The first-order chi connectivity index (χ1) is 10.6. The lowest BCUT2D eigenvalue weighted by molar-refractivity contribution is -0.116. The number of aryl methyl sites for hydroxylation is 1. The van der Waals surface area contributed by atoms with Crippen molar-refractivity contribution >= 4 is 22.9 Å². The number of methoxy groups -OCH3 is 1. The van der Waals surface area contributed by atoms with Crippen LogP contribution in [-0.4, -0.2) is 31.5 Å². The number of carbonyl (C=O) groups excluding carboxylic acids is 1. The molecule has 0 aliphatic rings. The van der Waals surface area contributed by atoms with Gasteiger partial charge in [0.1, 0.15) is 5.75 Å². The molecule has 4 nitrogen and oxygen atoms in total. The van der Waals surface area contributed by atoms with Gasteiger partial charge in [0.25, 0.3) is 0 Å². The molecule has 0 spiro atoms. The first kappa shape index (κ1) is 16.5. The van der Waals surface area contributed by atoms with Crippen molar-refractivity contribution in [3.63, 3.8) is 0 Å². The Bertz CT molecular complexity index is 625. The van der Waals surface area contributed by atoms with Gasteiger partial charge in [0.15, 0.2) is 0 Å². The number of amides is 1. The third kappa shape index (κ3) is 4.58. The highest BCUT2D eigenvalue weighted by molar-refractivity contribution is 7.10. The van der Waals surface area contributed by atoms with E-state index < -0.39 is 0 Å². The van der Waals surface area contributed by atoms with E-state index in [0.717, 1.165) is 13.1 Å². The van der Waals surface area contributed by atoms with Gasteiger partial charge >= 0.3 is 0 Å². The number of rotatable bonds is 7. The van der Waals surface area contributed by atoms with Gasteiger partial charge in [-0.1, -0.05) is 12.1 Å². The lowest BCUT2D eigenvalue weighted by atomic mass is 10.2. The van der Waals surface area contributed by atoms with Gasteiger partial charge in [-0.05, 0) is 43.1 Å². The number of benzene rings is 1. The molecule has 0 saturated carbocycles. The van der Waals surface area contributed by atoms with Gasteiger partial charge in [-0.25, -0.2) is 0 Å². The van der Waals surface area contributed by atoms with Crippen LogP contribution >= 0.6 is 11.3 Å². The molecule has 0 aliphatic heterocycles. The number of hydrogen-bond acceptors (Lipinski definition) is 4. The van der Waals surface area contributed by atoms with Crippen LogP contribution in [0.25, 0.3) is 0 Å². The molecule has 1 N–H and O–H groups in total. The molecule has 0 atom stereocenters. The lowest BCUT2D eigenvalue weighted by Gasteiger charge is -2.16. The highest BCUT2D eigenvalue weighted by Gasteiger charge is 2.09. The Hall–Kier alpha value is -1.85. The SMILES string of the molecule is COc1ccccc1NC(=O)CCN(C)Cc1sccc1C. The van der Waals surface area contributed by atoms with Gasteiger partial charge in [0.2, 0.25) is 5.91 Å². The lowest BCUT2D eigenvalue weighted by Crippen LogP contribution is -2.24. The number of anilines is 1. The van der Waals surface area contributed by atoms with E-state index >= 15 is 0 Å². The minimum absolute atomic E-state index is 0.000693. The van der Waals surface area contributed by atoms with Gasteiger partial charge in [-0.15, -0.1) is 11.3 Å². The van der Waals surface area contributed by atoms with Crippen LogP contribution in [0.3, 0.4) is 0 Å². The standard InChI is InChI=1S/C17H22N2O2S/c1-13-9-11-22-16(13)12-19(2)10-8-17(20)18-14-6-4-5-7-15(14)21-3/h4-7,9,11H,8,10,12H2,1-3H3,(H,18,20). The number of carbonyl (C=O) groups is 1. The van der Waals surface area contributed by atoms with Gasteiger partial charge in [0, 0.05) is 24.4 Å². The van der Waals surface area contributed by atoms with Crippen molar-refractivity contribution in [3.8, 4) is 5.75 Å². The van der Waals surface area contributed by atoms with Crippen molar-refractivity contribution in [2.75, 3.05) is 26.0 Å². The van der Waals surface area contributed by atoms with Gasteiger partial charge in [-0.2, -0.15) is 0 Å². The molecule has 1 aromatic carbocycles. The van der Waals surface area contributed by atoms with Crippen molar-refractivity contribution in [2.24, 2.45) is 0 Å². The predicted octanol–water partition coefficient (Wildman–Crippen LogP) is 3.53. The topological polar surface area (TPSA) is 41.6 Å². The molecule has 2 aromatic rings. The molecular weight excluding hydrogens is 296 g/mol. The Labute approximate surface area is 135 Å². The van der Waals surface area contributed by atoms with Crippen LogP contribution in [0.2, 0.25) is 0 Å². The zero-order valence-electron chi connectivity index (χ0n) is 13.3. The summed E-state index contributed by atoms with van der Waals surface area (Å²) in [5.41, 5.74) is 2.03. The average Bonchev–Trinajstić information content (AvgIpc) is 2.91. The summed E-state index contributed by atoms with van der Waals surface area (Å²) in [5, 5.41) is 5.00. The Kier molecular flexibility index (Phi) is 5.98. The summed E-state index contributed by atoms with van der Waals surface area (Å²) in [6.45, 7) is 3.72. The molecule has 22 heavy (non-hydrogen) atoms. The van der Waals surface area contributed by atoms with E-state index in [1.807, 2.05) is 31.3 Å². The van der Waals surface area contributed by atoms with E-state index in [2.05, 4.69) is 28.6 Å². The van der Waals surface area contributed by atoms with Gasteiger partial charge < -0.3 is 15.0 Å². The van der Waals surface area contributed by atoms with Crippen LogP contribution in [0, 0.1) is 6.92 Å². The number of hydrogen-bond donors (Lipinski definition) is 1. The van der Waals surface area contributed by atoms with E-state index in [0.29, 0.717) is 17.9 Å². The molecule has 1 amide bonds. The number of ether oxygens (including phenoxy) is 1. The highest BCUT2D eigenvalue weighted by Crippen LogP contribution is 2.23. The normalized spacial score (nSPS) is 10.7. The van der Waals surface area contributed by atoms with Gasteiger partial charge in [-0.3, -0.25) is 4.79 Å². The van der Waals surface area contributed by atoms with E-state index in [-0.39, 0.29) is 5.91 Å². The molecule has 1 heterocycles. The average molecular weight is 318 g/mol. The third-order valence-electron chi connectivity index (χ3n) is 3.48. The molecule has 0 saturated heterocycles. The molecule has 0 radical (unpaired) electrons. The van der Waals surface area contributed by atoms with Crippen LogP contribution in [0.4, 0.5) is 5.69 Å². The summed E-state index contributed by atoms with van der Waals surface area (Å²) in [5.74, 6) is 0.678. The minimum atomic E-state index is -0.000693. The van der Waals surface area contributed by atoms with Gasteiger partial charge in [0.05, 0.1) is 12.8 Å². The summed E-state index contributed by atoms with van der Waals surface area (Å²) in [7, 11) is 3.64. The van der Waals surface area contributed by atoms with E-state index in [1.54, 1.807) is 18.4 Å².